The molecule has 0 spiro atoms. The smallest absolute Gasteiger partial charge is 0.292 e. The molecular weight excluding hydrogens is 294 g/mol. The second-order valence-electron chi connectivity index (χ2n) is 6.46. The van der Waals surface area contributed by atoms with Crippen molar-refractivity contribution in [3.63, 3.8) is 0 Å². The zero-order valence-corrected chi connectivity index (χ0v) is 14.7. The molecule has 0 bridgehead atoms. The number of aromatic nitrogens is 1. The number of nitrogens with two attached hydrogens (primary N) is 1. The van der Waals surface area contributed by atoms with Gasteiger partial charge in [0.2, 0.25) is 0 Å². The zero-order valence-electron chi connectivity index (χ0n) is 14.7. The summed E-state index contributed by atoms with van der Waals surface area (Å²) < 4.78 is 6.97. The summed E-state index contributed by atoms with van der Waals surface area (Å²) in [7, 11) is 0. The van der Waals surface area contributed by atoms with Crippen molar-refractivity contribution >= 4 is 5.91 Å². The van der Waals surface area contributed by atoms with Crippen molar-refractivity contribution in [2.45, 2.75) is 52.6 Å². The SMILES string of the molecule is CCCN(CCC)C(=O)COc1cccn(CC(C)(C)N)c1=O. The minimum atomic E-state index is -0.503. The van der Waals surface area contributed by atoms with Crippen LogP contribution in [0.15, 0.2) is 23.1 Å². The van der Waals surface area contributed by atoms with E-state index < -0.39 is 5.54 Å². The lowest BCUT2D eigenvalue weighted by Crippen LogP contribution is -2.40. The van der Waals surface area contributed by atoms with Crippen molar-refractivity contribution < 1.29 is 9.53 Å². The minimum Gasteiger partial charge on any atom is -0.478 e. The van der Waals surface area contributed by atoms with Crippen LogP contribution in [0.1, 0.15) is 40.5 Å². The molecule has 0 aliphatic carbocycles. The van der Waals surface area contributed by atoms with Gasteiger partial charge in [-0.05, 0) is 38.8 Å². The lowest BCUT2D eigenvalue weighted by molar-refractivity contribution is -0.133. The van der Waals surface area contributed by atoms with Crippen LogP contribution in [0.4, 0.5) is 0 Å². The lowest BCUT2D eigenvalue weighted by atomic mass is 10.1. The average Bonchev–Trinajstić information content (AvgIpc) is 2.46. The van der Waals surface area contributed by atoms with E-state index in [2.05, 4.69) is 0 Å². The summed E-state index contributed by atoms with van der Waals surface area (Å²) in [5.74, 6) is 0.0840. The molecule has 0 aromatic carbocycles. The summed E-state index contributed by atoms with van der Waals surface area (Å²) in [4.78, 5) is 26.3. The van der Waals surface area contributed by atoms with Gasteiger partial charge in [-0.3, -0.25) is 9.59 Å². The molecule has 1 aromatic heterocycles. The van der Waals surface area contributed by atoms with Crippen molar-refractivity contribution in [3.05, 3.63) is 28.7 Å². The number of hydrogen-bond acceptors (Lipinski definition) is 4. The average molecular weight is 323 g/mol. The third-order valence-corrected chi connectivity index (χ3v) is 3.25. The van der Waals surface area contributed by atoms with E-state index in [-0.39, 0.29) is 23.8 Å². The molecule has 0 fully saturated rings. The van der Waals surface area contributed by atoms with E-state index >= 15 is 0 Å². The summed E-state index contributed by atoms with van der Waals surface area (Å²) in [6.07, 6.45) is 3.47. The fourth-order valence-electron chi connectivity index (χ4n) is 2.32. The second kappa shape index (κ2) is 8.72. The Morgan fingerprint density at radius 3 is 2.43 bits per heavy atom. The largest absolute Gasteiger partial charge is 0.478 e. The maximum Gasteiger partial charge on any atom is 0.292 e. The van der Waals surface area contributed by atoms with Gasteiger partial charge in [-0.1, -0.05) is 13.8 Å². The standard InChI is InChI=1S/C17H29N3O3/c1-5-9-19(10-6-2)15(21)12-23-14-8-7-11-20(16(14)22)13-17(3,4)18/h7-8,11H,5-6,9-10,12-13,18H2,1-4H3. The van der Waals surface area contributed by atoms with Crippen molar-refractivity contribution in [1.29, 1.82) is 0 Å². The van der Waals surface area contributed by atoms with Crippen LogP contribution < -0.4 is 16.0 Å². The first-order chi connectivity index (χ1) is 10.8. The van der Waals surface area contributed by atoms with Crippen LogP contribution in [-0.2, 0) is 11.3 Å². The number of amides is 1. The summed E-state index contributed by atoms with van der Waals surface area (Å²) in [6, 6.07) is 3.31. The van der Waals surface area contributed by atoms with Gasteiger partial charge in [0, 0.05) is 31.4 Å². The maximum atomic E-state index is 12.3. The molecule has 130 valence electrons. The van der Waals surface area contributed by atoms with Crippen LogP contribution >= 0.6 is 0 Å². The first kappa shape index (κ1) is 19.2. The molecule has 1 aromatic rings. The third kappa shape index (κ3) is 6.44. The van der Waals surface area contributed by atoms with Gasteiger partial charge in [-0.2, -0.15) is 0 Å². The van der Waals surface area contributed by atoms with Crippen molar-refractivity contribution in [2.24, 2.45) is 5.73 Å². The van der Waals surface area contributed by atoms with Crippen LogP contribution in [-0.4, -0.2) is 40.6 Å². The molecule has 1 amide bonds. The summed E-state index contributed by atoms with van der Waals surface area (Å²) >= 11 is 0. The number of hydrogen-bond donors (Lipinski definition) is 1. The Balaban J connectivity index is 2.76. The van der Waals surface area contributed by atoms with Crippen LogP contribution in [0.3, 0.4) is 0 Å². The van der Waals surface area contributed by atoms with E-state index in [1.807, 2.05) is 27.7 Å². The van der Waals surface area contributed by atoms with Gasteiger partial charge in [0.15, 0.2) is 12.4 Å². The first-order valence-corrected chi connectivity index (χ1v) is 8.17. The molecule has 0 saturated carbocycles. The number of pyridine rings is 1. The van der Waals surface area contributed by atoms with Gasteiger partial charge in [-0.25, -0.2) is 0 Å². The zero-order chi connectivity index (χ0) is 17.5. The molecule has 2 N–H and O–H groups in total. The van der Waals surface area contributed by atoms with Gasteiger partial charge in [0.1, 0.15) is 0 Å². The number of nitrogens with zero attached hydrogens (tertiary/aromatic N) is 2. The number of carbonyl (C=O) groups excluding carboxylic acids is 1. The first-order valence-electron chi connectivity index (χ1n) is 8.17. The minimum absolute atomic E-state index is 0.0948. The quantitative estimate of drug-likeness (QED) is 0.749. The summed E-state index contributed by atoms with van der Waals surface area (Å²) in [5, 5.41) is 0. The topological polar surface area (TPSA) is 77.6 Å². The molecule has 1 rings (SSSR count). The molecule has 23 heavy (non-hydrogen) atoms. The van der Waals surface area contributed by atoms with Gasteiger partial charge < -0.3 is 19.9 Å². The second-order valence-corrected chi connectivity index (χ2v) is 6.46. The predicted octanol–water partition coefficient (Wildman–Crippen LogP) is 1.61. The number of rotatable bonds is 9. The van der Waals surface area contributed by atoms with E-state index in [0.717, 1.165) is 12.8 Å². The molecule has 0 saturated heterocycles. The predicted molar refractivity (Wildman–Crippen MR) is 91.6 cm³/mol. The van der Waals surface area contributed by atoms with E-state index in [0.29, 0.717) is 19.6 Å². The van der Waals surface area contributed by atoms with Gasteiger partial charge in [-0.15, -0.1) is 0 Å². The highest BCUT2D eigenvalue weighted by atomic mass is 16.5. The Morgan fingerprint density at radius 2 is 1.91 bits per heavy atom. The normalized spacial score (nSPS) is 11.3. The summed E-state index contributed by atoms with van der Waals surface area (Å²) in [5.41, 5.74) is 5.18. The van der Waals surface area contributed by atoms with Crippen LogP contribution in [0.2, 0.25) is 0 Å². The fraction of sp³-hybridized carbons (Fsp3) is 0.647. The molecular formula is C17H29N3O3. The van der Waals surface area contributed by atoms with Crippen molar-refractivity contribution in [3.8, 4) is 5.75 Å². The van der Waals surface area contributed by atoms with Crippen LogP contribution in [0.5, 0.6) is 5.75 Å². The molecule has 0 unspecified atom stereocenters. The third-order valence-electron chi connectivity index (χ3n) is 3.25. The highest BCUT2D eigenvalue weighted by Crippen LogP contribution is 2.06. The Kier molecular flexibility index (Phi) is 7.29. The Labute approximate surface area is 138 Å². The molecule has 0 aliphatic rings. The van der Waals surface area contributed by atoms with Gasteiger partial charge in [0.25, 0.3) is 11.5 Å². The Bertz CT molecular complexity index is 555. The monoisotopic (exact) mass is 323 g/mol. The van der Waals surface area contributed by atoms with Crippen molar-refractivity contribution in [1.82, 2.24) is 9.47 Å². The molecule has 6 nitrogen and oxygen atoms in total. The number of ether oxygens (including phenoxy) is 1. The van der Waals surface area contributed by atoms with E-state index in [9.17, 15) is 9.59 Å². The molecule has 0 atom stereocenters. The highest BCUT2D eigenvalue weighted by molar-refractivity contribution is 5.77. The Morgan fingerprint density at radius 1 is 1.30 bits per heavy atom. The Hall–Kier alpha value is -1.82. The molecule has 0 aliphatic heterocycles. The highest BCUT2D eigenvalue weighted by Gasteiger charge is 2.16. The van der Waals surface area contributed by atoms with Gasteiger partial charge in [0.05, 0.1) is 0 Å². The maximum absolute atomic E-state index is 12.3. The van der Waals surface area contributed by atoms with Crippen LogP contribution in [0.25, 0.3) is 0 Å². The fourth-order valence-corrected chi connectivity index (χ4v) is 2.32. The molecule has 6 heteroatoms. The lowest BCUT2D eigenvalue weighted by Gasteiger charge is -2.22. The van der Waals surface area contributed by atoms with Crippen LogP contribution in [0, 0.1) is 0 Å². The summed E-state index contributed by atoms with van der Waals surface area (Å²) in [6.45, 7) is 9.43. The van der Waals surface area contributed by atoms with E-state index in [1.165, 1.54) is 4.57 Å². The number of carbonyl (C=O) groups is 1. The van der Waals surface area contributed by atoms with E-state index in [4.69, 9.17) is 10.5 Å². The van der Waals surface area contributed by atoms with Crippen molar-refractivity contribution in [2.75, 3.05) is 19.7 Å². The molecule has 1 heterocycles. The van der Waals surface area contributed by atoms with E-state index in [1.54, 1.807) is 23.2 Å². The molecule has 0 radical (unpaired) electrons. The van der Waals surface area contributed by atoms with Gasteiger partial charge >= 0.3 is 0 Å².